The van der Waals surface area contributed by atoms with Gasteiger partial charge in [-0.05, 0) is 25.5 Å². The number of hydrogen-bond acceptors (Lipinski definition) is 4. The van der Waals surface area contributed by atoms with E-state index in [1.807, 2.05) is 36.6 Å². The highest BCUT2D eigenvalue weighted by Crippen LogP contribution is 2.30. The van der Waals surface area contributed by atoms with Gasteiger partial charge in [-0.25, -0.2) is 4.98 Å². The van der Waals surface area contributed by atoms with Gasteiger partial charge in [0.1, 0.15) is 0 Å². The van der Waals surface area contributed by atoms with Crippen LogP contribution in [0, 0.1) is 6.92 Å². The number of aryl methyl sites for hydroxylation is 1. The molecule has 2 aromatic rings. The molecule has 2 unspecified atom stereocenters. The molecular formula is C14H18N2O3S2. The molecule has 1 aromatic heterocycles. The van der Waals surface area contributed by atoms with Crippen molar-refractivity contribution < 1.29 is 14.1 Å². The molecule has 0 aliphatic rings. The molecule has 1 N–H and O–H groups in total. The minimum absolute atomic E-state index is 0.00164. The Morgan fingerprint density at radius 2 is 2.24 bits per heavy atom. The summed E-state index contributed by atoms with van der Waals surface area (Å²) >= 11 is 1.20. The van der Waals surface area contributed by atoms with Gasteiger partial charge in [0.2, 0.25) is 0 Å². The van der Waals surface area contributed by atoms with E-state index in [-0.39, 0.29) is 11.8 Å². The highest BCUT2D eigenvalue weighted by molar-refractivity contribution is 7.99. The Morgan fingerprint density at radius 3 is 2.86 bits per heavy atom. The molecule has 0 saturated heterocycles. The number of carbonyl (C=O) groups is 1. The lowest BCUT2D eigenvalue weighted by atomic mass is 10.2. The lowest BCUT2D eigenvalue weighted by molar-refractivity contribution is -0.133. The summed E-state index contributed by atoms with van der Waals surface area (Å²) < 4.78 is 13.5. The van der Waals surface area contributed by atoms with E-state index in [1.54, 1.807) is 6.26 Å². The molecule has 0 radical (unpaired) electrons. The lowest BCUT2D eigenvalue weighted by Gasteiger charge is -2.17. The first-order chi connectivity index (χ1) is 9.90. The number of para-hydroxylation sites is 1. The van der Waals surface area contributed by atoms with Crippen LogP contribution in [0.2, 0.25) is 0 Å². The summed E-state index contributed by atoms with van der Waals surface area (Å²) in [5, 5.41) is 9.54. The molecule has 21 heavy (non-hydrogen) atoms. The molecule has 0 aliphatic carbocycles. The second-order valence-corrected chi connectivity index (χ2v) is 7.40. The molecular weight excluding hydrogens is 308 g/mol. The van der Waals surface area contributed by atoms with E-state index in [1.165, 1.54) is 11.8 Å². The molecule has 2 atom stereocenters. The zero-order valence-corrected chi connectivity index (χ0v) is 13.8. The van der Waals surface area contributed by atoms with Gasteiger partial charge in [0.25, 0.3) is 0 Å². The third kappa shape index (κ3) is 3.65. The van der Waals surface area contributed by atoms with Crippen LogP contribution in [0.1, 0.15) is 18.5 Å². The molecule has 0 bridgehead atoms. The average molecular weight is 326 g/mol. The maximum Gasteiger partial charge on any atom is 0.313 e. The number of aliphatic carboxylic acids is 1. The first-order valence-corrected chi connectivity index (χ1v) is 9.23. The number of imidazole rings is 1. The van der Waals surface area contributed by atoms with Gasteiger partial charge in [-0.2, -0.15) is 0 Å². The van der Waals surface area contributed by atoms with Crippen LogP contribution in [-0.2, 0) is 15.6 Å². The monoisotopic (exact) mass is 326 g/mol. The van der Waals surface area contributed by atoms with E-state index in [2.05, 4.69) is 4.98 Å². The topological polar surface area (TPSA) is 72.2 Å². The van der Waals surface area contributed by atoms with E-state index < -0.39 is 16.8 Å². The third-order valence-electron chi connectivity index (χ3n) is 3.12. The Bertz CT molecular complexity index is 697. The zero-order valence-electron chi connectivity index (χ0n) is 12.2. The van der Waals surface area contributed by atoms with Crippen molar-refractivity contribution in [3.05, 3.63) is 23.8 Å². The van der Waals surface area contributed by atoms with E-state index in [4.69, 9.17) is 5.11 Å². The quantitative estimate of drug-likeness (QED) is 0.826. The van der Waals surface area contributed by atoms with E-state index in [0.717, 1.165) is 16.6 Å². The SMILES string of the molecule is Cc1cccc2nc(SCC(=O)O)n(C(C)CS(C)=O)c12. The fourth-order valence-corrected chi connectivity index (χ4v) is 4.01. The molecule has 0 spiro atoms. The van der Waals surface area contributed by atoms with Crippen LogP contribution in [-0.4, -0.2) is 42.6 Å². The summed E-state index contributed by atoms with van der Waals surface area (Å²) in [6.45, 7) is 3.99. The number of benzene rings is 1. The summed E-state index contributed by atoms with van der Waals surface area (Å²) in [4.78, 5) is 15.3. The number of carboxylic acids is 1. The van der Waals surface area contributed by atoms with Crippen LogP contribution in [0.5, 0.6) is 0 Å². The van der Waals surface area contributed by atoms with E-state index in [0.29, 0.717) is 10.9 Å². The Hall–Kier alpha value is -1.34. The van der Waals surface area contributed by atoms with Crippen molar-refractivity contribution in [2.75, 3.05) is 17.8 Å². The summed E-state index contributed by atoms with van der Waals surface area (Å²) in [7, 11) is -0.925. The van der Waals surface area contributed by atoms with Crippen LogP contribution in [0.25, 0.3) is 11.0 Å². The Morgan fingerprint density at radius 1 is 1.52 bits per heavy atom. The van der Waals surface area contributed by atoms with Gasteiger partial charge < -0.3 is 9.67 Å². The van der Waals surface area contributed by atoms with Crippen LogP contribution in [0.3, 0.4) is 0 Å². The lowest BCUT2D eigenvalue weighted by Crippen LogP contribution is -2.14. The van der Waals surface area contributed by atoms with Gasteiger partial charge in [-0.15, -0.1) is 0 Å². The number of hydrogen-bond donors (Lipinski definition) is 1. The summed E-state index contributed by atoms with van der Waals surface area (Å²) in [5.41, 5.74) is 2.91. The predicted molar refractivity (Wildman–Crippen MR) is 86.5 cm³/mol. The van der Waals surface area contributed by atoms with E-state index >= 15 is 0 Å². The predicted octanol–water partition coefficient (Wildman–Crippen LogP) is 2.46. The average Bonchev–Trinajstić information content (AvgIpc) is 2.75. The zero-order chi connectivity index (χ0) is 15.6. The van der Waals surface area contributed by atoms with Crippen molar-refractivity contribution in [3.63, 3.8) is 0 Å². The highest BCUT2D eigenvalue weighted by Gasteiger charge is 2.19. The van der Waals surface area contributed by atoms with Gasteiger partial charge >= 0.3 is 5.97 Å². The van der Waals surface area contributed by atoms with Crippen molar-refractivity contribution >= 4 is 39.6 Å². The smallest absolute Gasteiger partial charge is 0.313 e. The standard InChI is InChI=1S/C14H18N2O3S2/c1-9-5-4-6-11-13(9)16(10(2)8-21(3)19)14(15-11)20-7-12(17)18/h4-6,10H,7-8H2,1-3H3,(H,17,18). The molecule has 114 valence electrons. The molecule has 5 nitrogen and oxygen atoms in total. The number of rotatable bonds is 6. The molecule has 2 rings (SSSR count). The number of fused-ring (bicyclic) bond motifs is 1. The molecule has 1 heterocycles. The maximum atomic E-state index is 11.5. The Balaban J connectivity index is 2.53. The highest BCUT2D eigenvalue weighted by atomic mass is 32.2. The third-order valence-corrected chi connectivity index (χ3v) is 5.01. The van der Waals surface area contributed by atoms with E-state index in [9.17, 15) is 9.00 Å². The number of thioether (sulfide) groups is 1. The minimum atomic E-state index is -0.925. The largest absolute Gasteiger partial charge is 0.481 e. The van der Waals surface area contributed by atoms with Crippen molar-refractivity contribution in [2.24, 2.45) is 0 Å². The van der Waals surface area contributed by atoms with Crippen LogP contribution < -0.4 is 0 Å². The molecule has 7 heteroatoms. The number of aromatic nitrogens is 2. The normalized spacial score (nSPS) is 14.2. The van der Waals surface area contributed by atoms with Gasteiger partial charge in [-0.1, -0.05) is 23.9 Å². The van der Waals surface area contributed by atoms with Crippen molar-refractivity contribution in [3.8, 4) is 0 Å². The van der Waals surface area contributed by atoms with Gasteiger partial charge in [0.15, 0.2) is 5.16 Å². The Labute approximate surface area is 130 Å². The first-order valence-electron chi connectivity index (χ1n) is 6.52. The van der Waals surface area contributed by atoms with Gasteiger partial charge in [-0.3, -0.25) is 9.00 Å². The summed E-state index contributed by atoms with van der Waals surface area (Å²) in [6.07, 6.45) is 1.67. The van der Waals surface area contributed by atoms with Crippen LogP contribution >= 0.6 is 11.8 Å². The second kappa shape index (κ2) is 6.62. The number of carboxylic acid groups (broad SMARTS) is 1. The molecule has 1 aromatic carbocycles. The van der Waals surface area contributed by atoms with Gasteiger partial charge in [0, 0.05) is 28.9 Å². The van der Waals surface area contributed by atoms with Crippen molar-refractivity contribution in [1.82, 2.24) is 9.55 Å². The van der Waals surface area contributed by atoms with Gasteiger partial charge in [0.05, 0.1) is 16.8 Å². The fraction of sp³-hybridized carbons (Fsp3) is 0.429. The molecule has 0 saturated carbocycles. The molecule has 0 fully saturated rings. The Kier molecular flexibility index (Phi) is 5.05. The second-order valence-electron chi connectivity index (χ2n) is 4.98. The maximum absolute atomic E-state index is 11.5. The summed E-state index contributed by atoms with van der Waals surface area (Å²) in [5.74, 6) is -0.396. The fourth-order valence-electron chi connectivity index (χ4n) is 2.35. The van der Waals surface area contributed by atoms with Crippen LogP contribution in [0.15, 0.2) is 23.4 Å². The minimum Gasteiger partial charge on any atom is -0.481 e. The number of nitrogens with zero attached hydrogens (tertiary/aromatic N) is 2. The van der Waals surface area contributed by atoms with Crippen molar-refractivity contribution in [2.45, 2.75) is 25.0 Å². The summed E-state index contributed by atoms with van der Waals surface area (Å²) in [6, 6.07) is 5.85. The molecule has 0 amide bonds. The van der Waals surface area contributed by atoms with Crippen LogP contribution in [0.4, 0.5) is 0 Å². The molecule has 0 aliphatic heterocycles. The first kappa shape index (κ1) is 16.0. The van der Waals surface area contributed by atoms with Crippen molar-refractivity contribution in [1.29, 1.82) is 0 Å².